The lowest BCUT2D eigenvalue weighted by Crippen LogP contribution is -2.29. The molecule has 1 aromatic rings. The molecule has 0 unspecified atom stereocenters. The Bertz CT molecular complexity index is 420. The normalized spacial score (nSPS) is 10.7. The van der Waals surface area contributed by atoms with E-state index in [1.165, 1.54) is 12.1 Å². The zero-order valence-corrected chi connectivity index (χ0v) is 12.2. The molecule has 0 fully saturated rings. The highest BCUT2D eigenvalue weighted by Gasteiger charge is 2.11. The Kier molecular flexibility index (Phi) is 6.67. The number of carbonyl (C=O) groups is 1. The lowest BCUT2D eigenvalue weighted by Gasteiger charge is -2.17. The number of benzene rings is 1. The minimum atomic E-state index is -0.292. The Hall–Kier alpha value is -1.26. The van der Waals surface area contributed by atoms with Crippen molar-refractivity contribution in [3.8, 4) is 5.75 Å². The van der Waals surface area contributed by atoms with Gasteiger partial charge in [-0.25, -0.2) is 0 Å². The standard InChI is InChI=1S/C14H21ClN2O2/c1-3-17(4-2)9-5-8-16-14(19)12-10-11(15)6-7-13(12)18/h6-7,10,18H,3-5,8-9H2,1-2H3,(H,16,19). The number of carbonyl (C=O) groups excluding carboxylic acids is 1. The van der Waals surface area contributed by atoms with Crippen LogP contribution in [-0.4, -0.2) is 42.1 Å². The first kappa shape index (κ1) is 15.8. The molecule has 4 nitrogen and oxygen atoms in total. The van der Waals surface area contributed by atoms with Crippen LogP contribution >= 0.6 is 11.6 Å². The predicted molar refractivity (Wildman–Crippen MR) is 77.9 cm³/mol. The Balaban J connectivity index is 2.41. The van der Waals surface area contributed by atoms with Crippen molar-refractivity contribution >= 4 is 17.5 Å². The van der Waals surface area contributed by atoms with E-state index in [2.05, 4.69) is 24.1 Å². The van der Waals surface area contributed by atoms with E-state index in [4.69, 9.17) is 11.6 Å². The second-order valence-electron chi connectivity index (χ2n) is 4.30. The van der Waals surface area contributed by atoms with Crippen LogP contribution in [0.15, 0.2) is 18.2 Å². The molecule has 0 aliphatic rings. The highest BCUT2D eigenvalue weighted by Crippen LogP contribution is 2.21. The zero-order chi connectivity index (χ0) is 14.3. The summed E-state index contributed by atoms with van der Waals surface area (Å²) in [5, 5.41) is 12.8. The van der Waals surface area contributed by atoms with Gasteiger partial charge in [-0.1, -0.05) is 25.4 Å². The van der Waals surface area contributed by atoms with Crippen molar-refractivity contribution in [2.45, 2.75) is 20.3 Å². The van der Waals surface area contributed by atoms with Crippen LogP contribution in [0.5, 0.6) is 5.75 Å². The van der Waals surface area contributed by atoms with Gasteiger partial charge in [0.25, 0.3) is 5.91 Å². The molecule has 2 N–H and O–H groups in total. The molecular formula is C14H21ClN2O2. The van der Waals surface area contributed by atoms with E-state index in [0.29, 0.717) is 11.6 Å². The number of amides is 1. The second kappa shape index (κ2) is 8.02. The van der Waals surface area contributed by atoms with Crippen molar-refractivity contribution in [2.75, 3.05) is 26.2 Å². The molecule has 0 aliphatic heterocycles. The van der Waals surface area contributed by atoms with Crippen molar-refractivity contribution in [1.82, 2.24) is 10.2 Å². The third-order valence-electron chi connectivity index (χ3n) is 3.03. The molecule has 0 bridgehead atoms. The van der Waals surface area contributed by atoms with Gasteiger partial charge in [-0.2, -0.15) is 0 Å². The van der Waals surface area contributed by atoms with Crippen molar-refractivity contribution in [1.29, 1.82) is 0 Å². The molecule has 0 heterocycles. The summed E-state index contributed by atoms with van der Waals surface area (Å²) in [6.45, 7) is 7.80. The summed E-state index contributed by atoms with van der Waals surface area (Å²) in [4.78, 5) is 14.2. The summed E-state index contributed by atoms with van der Waals surface area (Å²) < 4.78 is 0. The lowest BCUT2D eigenvalue weighted by molar-refractivity contribution is 0.0949. The van der Waals surface area contributed by atoms with Crippen molar-refractivity contribution in [3.05, 3.63) is 28.8 Å². The van der Waals surface area contributed by atoms with E-state index >= 15 is 0 Å². The van der Waals surface area contributed by atoms with Gasteiger partial charge in [0.1, 0.15) is 5.75 Å². The number of nitrogens with zero attached hydrogens (tertiary/aromatic N) is 1. The quantitative estimate of drug-likeness (QED) is 0.757. The molecule has 1 amide bonds. The highest BCUT2D eigenvalue weighted by molar-refractivity contribution is 6.31. The SMILES string of the molecule is CCN(CC)CCCNC(=O)c1cc(Cl)ccc1O. The van der Waals surface area contributed by atoms with Crippen LogP contribution in [0.4, 0.5) is 0 Å². The molecule has 0 aromatic heterocycles. The van der Waals surface area contributed by atoms with Crippen LogP contribution < -0.4 is 5.32 Å². The molecule has 0 aliphatic carbocycles. The summed E-state index contributed by atoms with van der Waals surface area (Å²) in [5.41, 5.74) is 0.218. The van der Waals surface area contributed by atoms with Crippen molar-refractivity contribution in [2.24, 2.45) is 0 Å². The third kappa shape index (κ3) is 5.09. The van der Waals surface area contributed by atoms with Gasteiger partial charge in [0.15, 0.2) is 0 Å². The minimum Gasteiger partial charge on any atom is -0.507 e. The van der Waals surface area contributed by atoms with Crippen LogP contribution in [0.3, 0.4) is 0 Å². The monoisotopic (exact) mass is 284 g/mol. The molecule has 106 valence electrons. The van der Waals surface area contributed by atoms with Crippen molar-refractivity contribution in [3.63, 3.8) is 0 Å². The number of phenols is 1. The number of halogens is 1. The first-order chi connectivity index (χ1) is 9.08. The molecule has 1 aromatic carbocycles. The Morgan fingerprint density at radius 1 is 1.37 bits per heavy atom. The number of phenolic OH excluding ortho intramolecular Hbond substituents is 1. The maximum Gasteiger partial charge on any atom is 0.255 e. The van der Waals surface area contributed by atoms with Gasteiger partial charge < -0.3 is 15.3 Å². The van der Waals surface area contributed by atoms with Gasteiger partial charge in [-0.05, 0) is 44.3 Å². The number of hydrogen-bond acceptors (Lipinski definition) is 3. The summed E-state index contributed by atoms with van der Waals surface area (Å²) >= 11 is 5.80. The van der Waals surface area contributed by atoms with Crippen LogP contribution in [0.1, 0.15) is 30.6 Å². The van der Waals surface area contributed by atoms with Gasteiger partial charge in [0.2, 0.25) is 0 Å². The summed E-state index contributed by atoms with van der Waals surface area (Å²) in [5.74, 6) is -0.342. The number of aromatic hydroxyl groups is 1. The fraction of sp³-hybridized carbons (Fsp3) is 0.500. The molecule has 5 heteroatoms. The fourth-order valence-corrected chi connectivity index (χ4v) is 2.00. The van der Waals surface area contributed by atoms with Crippen LogP contribution in [0.2, 0.25) is 5.02 Å². The maximum absolute atomic E-state index is 11.9. The van der Waals surface area contributed by atoms with Gasteiger partial charge in [0, 0.05) is 11.6 Å². The van der Waals surface area contributed by atoms with Crippen LogP contribution in [0, 0.1) is 0 Å². The highest BCUT2D eigenvalue weighted by atomic mass is 35.5. The third-order valence-corrected chi connectivity index (χ3v) is 3.27. The Morgan fingerprint density at radius 3 is 2.68 bits per heavy atom. The summed E-state index contributed by atoms with van der Waals surface area (Å²) in [7, 11) is 0. The fourth-order valence-electron chi connectivity index (χ4n) is 1.83. The van der Waals surface area contributed by atoms with E-state index < -0.39 is 0 Å². The first-order valence-electron chi connectivity index (χ1n) is 6.57. The first-order valence-corrected chi connectivity index (χ1v) is 6.95. The van der Waals surface area contributed by atoms with E-state index in [1.807, 2.05) is 0 Å². The molecule has 0 saturated heterocycles. The van der Waals surface area contributed by atoms with E-state index in [0.717, 1.165) is 26.1 Å². The van der Waals surface area contributed by atoms with E-state index in [9.17, 15) is 9.90 Å². The van der Waals surface area contributed by atoms with Crippen LogP contribution in [0.25, 0.3) is 0 Å². The molecule has 0 radical (unpaired) electrons. The number of hydrogen-bond donors (Lipinski definition) is 2. The smallest absolute Gasteiger partial charge is 0.255 e. The minimum absolute atomic E-state index is 0.0503. The van der Waals surface area contributed by atoms with Gasteiger partial charge in [-0.15, -0.1) is 0 Å². The molecule has 0 atom stereocenters. The maximum atomic E-state index is 11.9. The molecule has 0 spiro atoms. The average Bonchev–Trinajstić information content (AvgIpc) is 2.41. The van der Waals surface area contributed by atoms with Crippen LogP contribution in [-0.2, 0) is 0 Å². The van der Waals surface area contributed by atoms with Crippen molar-refractivity contribution < 1.29 is 9.90 Å². The molecule has 0 saturated carbocycles. The molecular weight excluding hydrogens is 264 g/mol. The lowest BCUT2D eigenvalue weighted by atomic mass is 10.2. The second-order valence-corrected chi connectivity index (χ2v) is 4.73. The summed E-state index contributed by atoms with van der Waals surface area (Å²) in [6.07, 6.45) is 0.884. The van der Waals surface area contributed by atoms with E-state index in [-0.39, 0.29) is 17.2 Å². The number of nitrogens with one attached hydrogen (secondary N) is 1. The van der Waals surface area contributed by atoms with E-state index in [1.54, 1.807) is 6.07 Å². The predicted octanol–water partition coefficient (Wildman–Crippen LogP) is 2.51. The van der Waals surface area contributed by atoms with Gasteiger partial charge in [-0.3, -0.25) is 4.79 Å². The summed E-state index contributed by atoms with van der Waals surface area (Å²) in [6, 6.07) is 4.44. The largest absolute Gasteiger partial charge is 0.507 e. The van der Waals surface area contributed by atoms with Gasteiger partial charge >= 0.3 is 0 Å². The average molecular weight is 285 g/mol. The topological polar surface area (TPSA) is 52.6 Å². The zero-order valence-electron chi connectivity index (χ0n) is 11.4. The van der Waals surface area contributed by atoms with Gasteiger partial charge in [0.05, 0.1) is 5.56 Å². The Labute approximate surface area is 119 Å². The molecule has 1 rings (SSSR count). The number of rotatable bonds is 7. The molecule has 19 heavy (non-hydrogen) atoms. The Morgan fingerprint density at radius 2 is 2.05 bits per heavy atom.